The second-order valence-corrected chi connectivity index (χ2v) is 4.11. The van der Waals surface area contributed by atoms with Gasteiger partial charge in [-0.2, -0.15) is 0 Å². The first-order valence-electron chi connectivity index (χ1n) is 5.61. The fraction of sp³-hybridized carbons (Fsp3) is 0.636. The average molecular weight is 206 g/mol. The van der Waals surface area contributed by atoms with Crippen molar-refractivity contribution in [2.75, 3.05) is 23.7 Å². The molecule has 1 aliphatic heterocycles. The number of hydrogen-bond donors (Lipinski definition) is 1. The fourth-order valence-electron chi connectivity index (χ4n) is 2.06. The molecule has 1 aromatic rings. The van der Waals surface area contributed by atoms with Crippen LogP contribution in [-0.4, -0.2) is 23.1 Å². The molecular formula is C11H18N4. The second-order valence-electron chi connectivity index (χ2n) is 4.11. The Bertz CT molecular complexity index is 329. The van der Waals surface area contributed by atoms with Crippen LogP contribution in [-0.2, 0) is 0 Å². The van der Waals surface area contributed by atoms with Gasteiger partial charge < -0.3 is 10.6 Å². The molecule has 0 atom stereocenters. The van der Waals surface area contributed by atoms with E-state index in [4.69, 9.17) is 5.73 Å². The molecule has 4 heteroatoms. The number of anilines is 2. The van der Waals surface area contributed by atoms with Gasteiger partial charge in [-0.15, -0.1) is 0 Å². The highest BCUT2D eigenvalue weighted by Crippen LogP contribution is 2.22. The van der Waals surface area contributed by atoms with E-state index < -0.39 is 0 Å². The zero-order chi connectivity index (χ0) is 10.7. The first kappa shape index (κ1) is 10.2. The standard InChI is InChI=1S/C11H18N4/c1-9-10(12)13-8-14-11(9)15-6-4-2-3-5-7-15/h8H,2-7H2,1H3,(H2,12,13,14). The Morgan fingerprint density at radius 2 is 1.80 bits per heavy atom. The van der Waals surface area contributed by atoms with Crippen molar-refractivity contribution in [2.45, 2.75) is 32.6 Å². The monoisotopic (exact) mass is 206 g/mol. The molecule has 1 saturated heterocycles. The minimum Gasteiger partial charge on any atom is -0.383 e. The Kier molecular flexibility index (Phi) is 3.04. The molecule has 0 bridgehead atoms. The summed E-state index contributed by atoms with van der Waals surface area (Å²) in [6.07, 6.45) is 6.72. The minimum absolute atomic E-state index is 0.601. The summed E-state index contributed by atoms with van der Waals surface area (Å²) in [5.41, 5.74) is 6.80. The second kappa shape index (κ2) is 4.47. The molecule has 0 amide bonds. The Balaban J connectivity index is 2.23. The molecule has 2 N–H and O–H groups in total. The predicted molar refractivity (Wildman–Crippen MR) is 61.9 cm³/mol. The van der Waals surface area contributed by atoms with Gasteiger partial charge in [-0.3, -0.25) is 0 Å². The highest BCUT2D eigenvalue weighted by molar-refractivity contribution is 5.55. The maximum atomic E-state index is 5.79. The number of aromatic nitrogens is 2. The smallest absolute Gasteiger partial charge is 0.137 e. The molecule has 0 aliphatic carbocycles. The minimum atomic E-state index is 0.601. The van der Waals surface area contributed by atoms with E-state index >= 15 is 0 Å². The van der Waals surface area contributed by atoms with Gasteiger partial charge in [0, 0.05) is 18.7 Å². The molecule has 2 heterocycles. The van der Waals surface area contributed by atoms with Gasteiger partial charge in [0.1, 0.15) is 18.0 Å². The zero-order valence-electron chi connectivity index (χ0n) is 9.24. The Morgan fingerprint density at radius 3 is 2.47 bits per heavy atom. The van der Waals surface area contributed by atoms with Crippen LogP contribution in [0.1, 0.15) is 31.2 Å². The summed E-state index contributed by atoms with van der Waals surface area (Å²) >= 11 is 0. The molecule has 2 rings (SSSR count). The van der Waals surface area contributed by atoms with E-state index in [1.165, 1.54) is 25.7 Å². The summed E-state index contributed by atoms with van der Waals surface area (Å²) in [4.78, 5) is 10.7. The van der Waals surface area contributed by atoms with Crippen LogP contribution in [0.25, 0.3) is 0 Å². The van der Waals surface area contributed by atoms with E-state index in [1.807, 2.05) is 6.92 Å². The van der Waals surface area contributed by atoms with Crippen LogP contribution in [0.15, 0.2) is 6.33 Å². The summed E-state index contributed by atoms with van der Waals surface area (Å²) in [7, 11) is 0. The van der Waals surface area contributed by atoms with Crippen molar-refractivity contribution in [2.24, 2.45) is 0 Å². The van der Waals surface area contributed by atoms with E-state index in [1.54, 1.807) is 6.33 Å². The van der Waals surface area contributed by atoms with Crippen LogP contribution in [0.2, 0.25) is 0 Å². The van der Waals surface area contributed by atoms with E-state index in [-0.39, 0.29) is 0 Å². The van der Waals surface area contributed by atoms with Crippen molar-refractivity contribution in [1.82, 2.24) is 9.97 Å². The Labute approximate surface area is 90.5 Å². The van der Waals surface area contributed by atoms with Crippen LogP contribution in [0.5, 0.6) is 0 Å². The predicted octanol–water partition coefficient (Wildman–Crippen LogP) is 1.75. The maximum absolute atomic E-state index is 5.79. The molecule has 1 fully saturated rings. The molecule has 0 saturated carbocycles. The quantitative estimate of drug-likeness (QED) is 0.760. The fourth-order valence-corrected chi connectivity index (χ4v) is 2.06. The first-order chi connectivity index (χ1) is 7.29. The third kappa shape index (κ3) is 2.19. The van der Waals surface area contributed by atoms with E-state index in [2.05, 4.69) is 14.9 Å². The number of nitrogens with two attached hydrogens (primary N) is 1. The lowest BCUT2D eigenvalue weighted by Gasteiger charge is -2.23. The lowest BCUT2D eigenvalue weighted by atomic mass is 10.2. The third-order valence-electron chi connectivity index (χ3n) is 3.00. The molecule has 0 aromatic carbocycles. The molecule has 4 nitrogen and oxygen atoms in total. The lowest BCUT2D eigenvalue weighted by molar-refractivity contribution is 0.726. The number of nitrogen functional groups attached to an aromatic ring is 1. The number of nitrogens with zero attached hydrogens (tertiary/aromatic N) is 3. The van der Waals surface area contributed by atoms with Crippen LogP contribution >= 0.6 is 0 Å². The van der Waals surface area contributed by atoms with Gasteiger partial charge in [0.15, 0.2) is 0 Å². The summed E-state index contributed by atoms with van der Waals surface area (Å²) in [6, 6.07) is 0. The molecule has 15 heavy (non-hydrogen) atoms. The van der Waals surface area contributed by atoms with Gasteiger partial charge in [-0.1, -0.05) is 12.8 Å². The van der Waals surface area contributed by atoms with Gasteiger partial charge >= 0.3 is 0 Å². The molecule has 0 radical (unpaired) electrons. The molecular weight excluding hydrogens is 188 g/mol. The van der Waals surface area contributed by atoms with Crippen molar-refractivity contribution < 1.29 is 0 Å². The van der Waals surface area contributed by atoms with Crippen molar-refractivity contribution in [1.29, 1.82) is 0 Å². The summed E-state index contributed by atoms with van der Waals surface area (Å²) < 4.78 is 0. The Morgan fingerprint density at radius 1 is 1.13 bits per heavy atom. The molecule has 82 valence electrons. The lowest BCUT2D eigenvalue weighted by Crippen LogP contribution is -2.26. The van der Waals surface area contributed by atoms with Crippen molar-refractivity contribution >= 4 is 11.6 Å². The summed E-state index contributed by atoms with van der Waals surface area (Å²) in [6.45, 7) is 4.18. The van der Waals surface area contributed by atoms with Crippen LogP contribution in [0.4, 0.5) is 11.6 Å². The summed E-state index contributed by atoms with van der Waals surface area (Å²) in [5, 5.41) is 0. The average Bonchev–Trinajstić information content (AvgIpc) is 2.50. The number of hydrogen-bond acceptors (Lipinski definition) is 4. The highest BCUT2D eigenvalue weighted by Gasteiger charge is 2.14. The molecule has 0 unspecified atom stereocenters. The van der Waals surface area contributed by atoms with Gasteiger partial charge in [0.25, 0.3) is 0 Å². The van der Waals surface area contributed by atoms with Crippen LogP contribution in [0.3, 0.4) is 0 Å². The van der Waals surface area contributed by atoms with Gasteiger partial charge in [0.05, 0.1) is 0 Å². The van der Waals surface area contributed by atoms with Crippen LogP contribution < -0.4 is 10.6 Å². The van der Waals surface area contributed by atoms with E-state index in [0.717, 1.165) is 24.5 Å². The Hall–Kier alpha value is -1.32. The van der Waals surface area contributed by atoms with Crippen molar-refractivity contribution in [3.05, 3.63) is 11.9 Å². The van der Waals surface area contributed by atoms with Gasteiger partial charge in [-0.05, 0) is 19.8 Å². The maximum Gasteiger partial charge on any atom is 0.137 e. The molecule has 0 spiro atoms. The topological polar surface area (TPSA) is 55.0 Å². The number of rotatable bonds is 1. The first-order valence-corrected chi connectivity index (χ1v) is 5.61. The third-order valence-corrected chi connectivity index (χ3v) is 3.00. The molecule has 1 aromatic heterocycles. The SMILES string of the molecule is Cc1c(N)ncnc1N1CCCCCC1. The van der Waals surface area contributed by atoms with Crippen molar-refractivity contribution in [3.8, 4) is 0 Å². The summed E-state index contributed by atoms with van der Waals surface area (Å²) in [5.74, 6) is 1.62. The highest BCUT2D eigenvalue weighted by atomic mass is 15.2. The van der Waals surface area contributed by atoms with Crippen LogP contribution in [0, 0.1) is 6.92 Å². The largest absolute Gasteiger partial charge is 0.383 e. The molecule has 1 aliphatic rings. The van der Waals surface area contributed by atoms with E-state index in [9.17, 15) is 0 Å². The van der Waals surface area contributed by atoms with Gasteiger partial charge in [0.2, 0.25) is 0 Å². The van der Waals surface area contributed by atoms with Gasteiger partial charge in [-0.25, -0.2) is 9.97 Å². The van der Waals surface area contributed by atoms with Crippen molar-refractivity contribution in [3.63, 3.8) is 0 Å². The van der Waals surface area contributed by atoms with E-state index in [0.29, 0.717) is 5.82 Å². The zero-order valence-corrected chi connectivity index (χ0v) is 9.24. The normalized spacial score (nSPS) is 17.5.